The lowest BCUT2D eigenvalue weighted by Gasteiger charge is -2.41. The summed E-state index contributed by atoms with van der Waals surface area (Å²) in [6, 6.07) is 6.27. The van der Waals surface area contributed by atoms with E-state index >= 15 is 0 Å². The number of nitrogens with one attached hydrogen (secondary N) is 1. The van der Waals surface area contributed by atoms with E-state index in [0.29, 0.717) is 18.1 Å². The Morgan fingerprint density at radius 2 is 1.86 bits per heavy atom. The third kappa shape index (κ3) is 8.02. The minimum atomic E-state index is -0.812. The lowest BCUT2D eigenvalue weighted by Crippen LogP contribution is -2.45. The van der Waals surface area contributed by atoms with Gasteiger partial charge in [-0.15, -0.1) is 0 Å². The Hall–Kier alpha value is -1.96. The maximum absolute atomic E-state index is 13.6. The molecule has 0 saturated carbocycles. The van der Waals surface area contributed by atoms with Gasteiger partial charge in [0, 0.05) is 12.1 Å². The van der Waals surface area contributed by atoms with Gasteiger partial charge in [-0.1, -0.05) is 13.8 Å². The number of nitrogens with zero attached hydrogens (tertiary/aromatic N) is 1. The molecule has 2 heterocycles. The molecule has 3 atom stereocenters. The predicted octanol–water partition coefficient (Wildman–Crippen LogP) is 6.18. The molecule has 2 aliphatic heterocycles. The van der Waals surface area contributed by atoms with Crippen LogP contribution in [-0.4, -0.2) is 40.9 Å². The van der Waals surface area contributed by atoms with Gasteiger partial charge in [-0.2, -0.15) is 0 Å². The summed E-state index contributed by atoms with van der Waals surface area (Å²) in [5, 5.41) is 3.52. The van der Waals surface area contributed by atoms with E-state index < -0.39 is 11.4 Å². The van der Waals surface area contributed by atoms with E-state index in [9.17, 15) is 9.18 Å². The quantitative estimate of drug-likeness (QED) is 0.351. The molecule has 1 saturated heterocycles. The van der Waals surface area contributed by atoms with Crippen molar-refractivity contribution in [2.75, 3.05) is 0 Å². The molecule has 0 aliphatic carbocycles. The zero-order chi connectivity index (χ0) is 26.0. The maximum atomic E-state index is 13.6. The van der Waals surface area contributed by atoms with Crippen molar-refractivity contribution in [3.63, 3.8) is 0 Å². The molecule has 194 valence electrons. The van der Waals surface area contributed by atoms with Crippen molar-refractivity contribution < 1.29 is 23.4 Å². The first-order valence-corrected chi connectivity index (χ1v) is 12.7. The number of hydrogen-bond donors (Lipinski definition) is 1. The highest BCUT2D eigenvalue weighted by atomic mass is 35.5. The molecule has 1 N–H and O–H groups in total. The molecule has 0 bridgehead atoms. The molecule has 1 aromatic carbocycles. The van der Waals surface area contributed by atoms with Gasteiger partial charge in [0.25, 0.3) is 0 Å². The van der Waals surface area contributed by atoms with E-state index in [0.717, 1.165) is 23.3 Å². The molecule has 0 amide bonds. The SMILES string of the molecule is CC(C)C1N=C(Cl)NC(c2ccc(F)cc2)=C1CC[C@@H]1C[C@H](CC(=O)OC(C)(C)C)OC(C)(C)O1. The number of carbonyl (C=O) groups is 1. The van der Waals surface area contributed by atoms with Crippen LogP contribution in [0.25, 0.3) is 5.70 Å². The number of aliphatic imine (C=N–C) groups is 1. The van der Waals surface area contributed by atoms with Crippen molar-refractivity contribution in [1.82, 2.24) is 5.32 Å². The highest BCUT2D eigenvalue weighted by Crippen LogP contribution is 2.35. The number of benzene rings is 1. The highest BCUT2D eigenvalue weighted by molar-refractivity contribution is 6.65. The van der Waals surface area contributed by atoms with Gasteiger partial charge in [0.05, 0.1) is 24.7 Å². The first-order valence-electron chi connectivity index (χ1n) is 12.3. The van der Waals surface area contributed by atoms with E-state index in [1.54, 1.807) is 12.1 Å². The van der Waals surface area contributed by atoms with Gasteiger partial charge in [-0.3, -0.25) is 4.79 Å². The largest absolute Gasteiger partial charge is 0.460 e. The Balaban J connectivity index is 1.78. The molecule has 8 heteroatoms. The highest BCUT2D eigenvalue weighted by Gasteiger charge is 2.38. The Labute approximate surface area is 213 Å². The van der Waals surface area contributed by atoms with Crippen LogP contribution >= 0.6 is 11.6 Å². The van der Waals surface area contributed by atoms with Crippen LogP contribution in [0, 0.1) is 11.7 Å². The third-order valence-corrected chi connectivity index (χ3v) is 6.09. The van der Waals surface area contributed by atoms with Crippen LogP contribution in [0.4, 0.5) is 4.39 Å². The van der Waals surface area contributed by atoms with Crippen LogP contribution < -0.4 is 5.32 Å². The minimum Gasteiger partial charge on any atom is -0.460 e. The summed E-state index contributed by atoms with van der Waals surface area (Å²) < 4.78 is 31.3. The monoisotopic (exact) mass is 508 g/mol. The van der Waals surface area contributed by atoms with Crippen LogP contribution in [0.2, 0.25) is 0 Å². The Bertz CT molecular complexity index is 966. The first-order chi connectivity index (χ1) is 16.2. The number of esters is 1. The molecule has 0 aromatic heterocycles. The predicted molar refractivity (Wildman–Crippen MR) is 137 cm³/mol. The summed E-state index contributed by atoms with van der Waals surface area (Å²) in [5.41, 5.74) is 2.28. The second-order valence-electron chi connectivity index (χ2n) is 11.1. The number of carbonyl (C=O) groups excluding carboxylic acids is 1. The zero-order valence-corrected chi connectivity index (χ0v) is 22.5. The van der Waals surface area contributed by atoms with Crippen LogP contribution in [0.1, 0.15) is 79.7 Å². The van der Waals surface area contributed by atoms with Crippen molar-refractivity contribution >= 4 is 28.6 Å². The summed E-state index contributed by atoms with van der Waals surface area (Å²) in [4.78, 5) is 17.1. The van der Waals surface area contributed by atoms with Crippen LogP contribution in [0.15, 0.2) is 34.8 Å². The molecule has 1 aromatic rings. The second-order valence-corrected chi connectivity index (χ2v) is 11.4. The van der Waals surface area contributed by atoms with Gasteiger partial charge < -0.3 is 19.5 Å². The molecule has 3 rings (SSSR count). The third-order valence-electron chi connectivity index (χ3n) is 5.90. The Morgan fingerprint density at radius 1 is 1.23 bits per heavy atom. The summed E-state index contributed by atoms with van der Waals surface area (Å²) in [6.45, 7) is 13.5. The van der Waals surface area contributed by atoms with Crippen LogP contribution in [-0.2, 0) is 19.0 Å². The number of rotatable bonds is 7. The van der Waals surface area contributed by atoms with E-state index in [-0.39, 0.29) is 42.4 Å². The van der Waals surface area contributed by atoms with Crippen LogP contribution in [0.5, 0.6) is 0 Å². The van der Waals surface area contributed by atoms with Gasteiger partial charge >= 0.3 is 5.97 Å². The van der Waals surface area contributed by atoms with Gasteiger partial charge in [0.15, 0.2) is 11.1 Å². The Morgan fingerprint density at radius 3 is 2.46 bits per heavy atom. The summed E-state index contributed by atoms with van der Waals surface area (Å²) in [5.74, 6) is -1.15. The lowest BCUT2D eigenvalue weighted by atomic mass is 9.87. The van der Waals surface area contributed by atoms with Crippen LogP contribution in [0.3, 0.4) is 0 Å². The molecular formula is C27H38ClFN2O4. The van der Waals surface area contributed by atoms with Gasteiger partial charge in [-0.05, 0) is 100 Å². The van der Waals surface area contributed by atoms with Crippen molar-refractivity contribution in [3.8, 4) is 0 Å². The van der Waals surface area contributed by atoms with Crippen molar-refractivity contribution in [3.05, 3.63) is 41.2 Å². The maximum Gasteiger partial charge on any atom is 0.308 e. The smallest absolute Gasteiger partial charge is 0.308 e. The van der Waals surface area contributed by atoms with E-state index in [4.69, 9.17) is 25.8 Å². The molecular weight excluding hydrogens is 471 g/mol. The molecule has 2 aliphatic rings. The normalized spacial score (nSPS) is 24.7. The average molecular weight is 509 g/mol. The molecule has 6 nitrogen and oxygen atoms in total. The van der Waals surface area contributed by atoms with Crippen molar-refractivity contribution in [1.29, 1.82) is 0 Å². The fourth-order valence-electron chi connectivity index (χ4n) is 4.67. The molecule has 1 unspecified atom stereocenters. The number of ether oxygens (including phenoxy) is 3. The van der Waals surface area contributed by atoms with Gasteiger partial charge in [0.2, 0.25) is 0 Å². The van der Waals surface area contributed by atoms with E-state index in [2.05, 4.69) is 24.2 Å². The standard InChI is InChI=1S/C27H38ClFN2O4/c1-16(2)23-21(24(31-25(28)30-23)17-8-10-18(29)11-9-17)13-12-19-14-20(34-27(6,7)33-19)15-22(32)35-26(3,4)5/h8-11,16,19-20,23H,12-15H2,1-7H3,(H,30,31)/t19-,20-,23?/m1/s1. The fraction of sp³-hybridized carbons (Fsp3) is 0.630. The average Bonchev–Trinajstić information content (AvgIpc) is 2.70. The Kier molecular flexibility index (Phi) is 8.66. The first kappa shape index (κ1) is 27.6. The molecule has 1 fully saturated rings. The number of hydrogen-bond acceptors (Lipinski definition) is 6. The summed E-state index contributed by atoms with van der Waals surface area (Å²) in [7, 11) is 0. The second kappa shape index (κ2) is 11.0. The van der Waals surface area contributed by atoms with E-state index in [1.165, 1.54) is 12.1 Å². The molecule has 35 heavy (non-hydrogen) atoms. The number of amidine groups is 1. The van der Waals surface area contributed by atoms with Gasteiger partial charge in [0.1, 0.15) is 11.4 Å². The minimum absolute atomic E-state index is 0.103. The van der Waals surface area contributed by atoms with Gasteiger partial charge in [-0.25, -0.2) is 9.38 Å². The lowest BCUT2D eigenvalue weighted by molar-refractivity contribution is -0.300. The zero-order valence-electron chi connectivity index (χ0n) is 21.8. The summed E-state index contributed by atoms with van der Waals surface area (Å²) in [6.07, 6.45) is 1.79. The van der Waals surface area contributed by atoms with E-state index in [1.807, 2.05) is 34.6 Å². The molecule has 0 spiro atoms. The number of halogens is 2. The topological polar surface area (TPSA) is 69.2 Å². The summed E-state index contributed by atoms with van der Waals surface area (Å²) >= 11 is 6.34. The van der Waals surface area contributed by atoms with Crippen molar-refractivity contribution in [2.24, 2.45) is 10.9 Å². The molecule has 0 radical (unpaired) electrons. The van der Waals surface area contributed by atoms with Crippen molar-refractivity contribution in [2.45, 2.75) is 104 Å². The fourth-order valence-corrected chi connectivity index (χ4v) is 4.87.